The number of halogens is 1. The highest BCUT2D eigenvalue weighted by Gasteiger charge is 2.06. The molecule has 0 unspecified atom stereocenters. The van der Waals surface area contributed by atoms with Gasteiger partial charge in [-0.3, -0.25) is 4.79 Å². The number of carbonyl (C=O) groups is 1. The summed E-state index contributed by atoms with van der Waals surface area (Å²) in [6, 6.07) is 11.6. The SMILES string of the molecule is CC(=NNC(=O)COc1cc(C)c(Cl)c(C)c1)c1ccc(C)cc1. The highest BCUT2D eigenvalue weighted by atomic mass is 35.5. The van der Waals surface area contributed by atoms with Crippen LogP contribution in [0.2, 0.25) is 5.02 Å². The Kier molecular flexibility index (Phi) is 5.99. The van der Waals surface area contributed by atoms with Crippen molar-refractivity contribution in [1.82, 2.24) is 5.43 Å². The molecule has 1 amide bonds. The minimum absolute atomic E-state index is 0.106. The van der Waals surface area contributed by atoms with Gasteiger partial charge in [-0.1, -0.05) is 41.4 Å². The number of hydrogen-bond acceptors (Lipinski definition) is 3. The van der Waals surface area contributed by atoms with Crippen molar-refractivity contribution >= 4 is 23.2 Å². The van der Waals surface area contributed by atoms with E-state index in [-0.39, 0.29) is 12.5 Å². The summed E-state index contributed by atoms with van der Waals surface area (Å²) >= 11 is 6.11. The highest BCUT2D eigenvalue weighted by molar-refractivity contribution is 6.32. The number of nitrogens with one attached hydrogen (secondary N) is 1. The van der Waals surface area contributed by atoms with Crippen molar-refractivity contribution in [3.05, 3.63) is 63.7 Å². The van der Waals surface area contributed by atoms with Crippen molar-refractivity contribution in [3.8, 4) is 5.75 Å². The van der Waals surface area contributed by atoms with Gasteiger partial charge < -0.3 is 4.74 Å². The molecule has 0 fully saturated rings. The van der Waals surface area contributed by atoms with Gasteiger partial charge >= 0.3 is 0 Å². The van der Waals surface area contributed by atoms with E-state index in [1.165, 1.54) is 5.56 Å². The Labute approximate surface area is 147 Å². The zero-order valence-electron chi connectivity index (χ0n) is 14.3. The van der Waals surface area contributed by atoms with Crippen LogP contribution < -0.4 is 10.2 Å². The molecule has 0 heterocycles. The number of benzene rings is 2. The second-order valence-corrected chi connectivity index (χ2v) is 6.14. The molecule has 0 radical (unpaired) electrons. The molecule has 0 saturated carbocycles. The van der Waals surface area contributed by atoms with Crippen molar-refractivity contribution < 1.29 is 9.53 Å². The number of aryl methyl sites for hydroxylation is 3. The van der Waals surface area contributed by atoms with Gasteiger partial charge in [-0.25, -0.2) is 5.43 Å². The summed E-state index contributed by atoms with van der Waals surface area (Å²) in [5, 5.41) is 4.81. The summed E-state index contributed by atoms with van der Waals surface area (Å²) in [5.41, 5.74) is 7.22. The predicted octanol–water partition coefficient (Wildman–Crippen LogP) is 4.18. The third-order valence-electron chi connectivity index (χ3n) is 3.60. The van der Waals surface area contributed by atoms with E-state index in [2.05, 4.69) is 10.5 Å². The molecule has 0 saturated heterocycles. The van der Waals surface area contributed by atoms with Gasteiger partial charge in [-0.15, -0.1) is 0 Å². The molecule has 126 valence electrons. The smallest absolute Gasteiger partial charge is 0.277 e. The fraction of sp³-hybridized carbons (Fsp3) is 0.263. The third kappa shape index (κ3) is 4.83. The topological polar surface area (TPSA) is 50.7 Å². The Morgan fingerprint density at radius 3 is 2.29 bits per heavy atom. The van der Waals surface area contributed by atoms with Gasteiger partial charge in [0, 0.05) is 5.02 Å². The van der Waals surface area contributed by atoms with Crippen LogP contribution in [-0.2, 0) is 4.79 Å². The number of ether oxygens (including phenoxy) is 1. The summed E-state index contributed by atoms with van der Waals surface area (Å²) in [7, 11) is 0. The maximum atomic E-state index is 11.9. The van der Waals surface area contributed by atoms with Crippen LogP contribution in [0, 0.1) is 20.8 Å². The van der Waals surface area contributed by atoms with E-state index >= 15 is 0 Å². The van der Waals surface area contributed by atoms with Crippen LogP contribution >= 0.6 is 11.6 Å². The summed E-state index contributed by atoms with van der Waals surface area (Å²) in [6.45, 7) is 7.56. The molecule has 2 aromatic rings. The first-order chi connectivity index (χ1) is 11.4. The van der Waals surface area contributed by atoms with Gasteiger partial charge in [0.25, 0.3) is 5.91 Å². The van der Waals surface area contributed by atoms with Gasteiger partial charge in [0.2, 0.25) is 0 Å². The van der Waals surface area contributed by atoms with E-state index in [0.717, 1.165) is 22.4 Å². The number of rotatable bonds is 5. The lowest BCUT2D eigenvalue weighted by Gasteiger charge is -2.09. The highest BCUT2D eigenvalue weighted by Crippen LogP contribution is 2.25. The van der Waals surface area contributed by atoms with Gasteiger partial charge in [-0.05, 0) is 56.5 Å². The molecule has 0 aliphatic rings. The molecule has 0 spiro atoms. The van der Waals surface area contributed by atoms with Crippen LogP contribution in [0.1, 0.15) is 29.2 Å². The van der Waals surface area contributed by atoms with Crippen LogP contribution in [0.25, 0.3) is 0 Å². The minimum atomic E-state index is -0.313. The molecule has 0 atom stereocenters. The van der Waals surface area contributed by atoms with E-state index in [0.29, 0.717) is 10.8 Å². The lowest BCUT2D eigenvalue weighted by molar-refractivity contribution is -0.123. The van der Waals surface area contributed by atoms with E-state index in [1.54, 1.807) is 0 Å². The predicted molar refractivity (Wildman–Crippen MR) is 98.0 cm³/mol. The fourth-order valence-electron chi connectivity index (χ4n) is 2.18. The van der Waals surface area contributed by atoms with Crippen LogP contribution in [0.15, 0.2) is 41.5 Å². The Morgan fingerprint density at radius 2 is 1.71 bits per heavy atom. The van der Waals surface area contributed by atoms with Gasteiger partial charge in [0.1, 0.15) is 5.75 Å². The first-order valence-electron chi connectivity index (χ1n) is 7.66. The molecule has 2 rings (SSSR count). The average Bonchev–Trinajstić information content (AvgIpc) is 2.56. The molecular weight excluding hydrogens is 324 g/mol. The minimum Gasteiger partial charge on any atom is -0.484 e. The zero-order chi connectivity index (χ0) is 17.7. The van der Waals surface area contributed by atoms with E-state index in [4.69, 9.17) is 16.3 Å². The van der Waals surface area contributed by atoms with Gasteiger partial charge in [0.05, 0.1) is 5.71 Å². The summed E-state index contributed by atoms with van der Waals surface area (Å²) < 4.78 is 5.50. The summed E-state index contributed by atoms with van der Waals surface area (Å²) in [4.78, 5) is 11.9. The molecule has 0 aliphatic heterocycles. The maximum absolute atomic E-state index is 11.9. The fourth-order valence-corrected chi connectivity index (χ4v) is 2.29. The first kappa shape index (κ1) is 18.0. The molecule has 4 nitrogen and oxygen atoms in total. The van der Waals surface area contributed by atoms with Gasteiger partial charge in [0.15, 0.2) is 6.61 Å². The zero-order valence-corrected chi connectivity index (χ0v) is 15.1. The quantitative estimate of drug-likeness (QED) is 0.653. The number of hydrogen-bond donors (Lipinski definition) is 1. The second-order valence-electron chi connectivity index (χ2n) is 5.76. The van der Waals surface area contributed by atoms with Crippen molar-refractivity contribution in [3.63, 3.8) is 0 Å². The molecule has 0 bridgehead atoms. The lowest BCUT2D eigenvalue weighted by Crippen LogP contribution is -2.25. The van der Waals surface area contributed by atoms with Crippen molar-refractivity contribution in [2.45, 2.75) is 27.7 Å². The number of nitrogens with zero attached hydrogens (tertiary/aromatic N) is 1. The Balaban J connectivity index is 1.91. The molecule has 2 aromatic carbocycles. The van der Waals surface area contributed by atoms with Gasteiger partial charge in [-0.2, -0.15) is 5.10 Å². The number of amides is 1. The standard InChI is InChI=1S/C19H21ClN2O2/c1-12-5-7-16(8-6-12)15(4)21-22-18(23)11-24-17-9-13(2)19(20)14(3)10-17/h5-10H,11H2,1-4H3,(H,22,23). The monoisotopic (exact) mass is 344 g/mol. The Morgan fingerprint density at radius 1 is 1.12 bits per heavy atom. The summed E-state index contributed by atoms with van der Waals surface area (Å²) in [5.74, 6) is 0.301. The van der Waals surface area contributed by atoms with E-state index in [9.17, 15) is 4.79 Å². The van der Waals surface area contributed by atoms with Crippen LogP contribution in [0.5, 0.6) is 5.75 Å². The Bertz CT molecular complexity index is 744. The molecule has 5 heteroatoms. The largest absolute Gasteiger partial charge is 0.484 e. The number of hydrazone groups is 1. The molecule has 0 aliphatic carbocycles. The number of carbonyl (C=O) groups excluding carboxylic acids is 1. The summed E-state index contributed by atoms with van der Waals surface area (Å²) in [6.07, 6.45) is 0. The van der Waals surface area contributed by atoms with E-state index in [1.807, 2.05) is 64.1 Å². The molecular formula is C19H21ClN2O2. The van der Waals surface area contributed by atoms with E-state index < -0.39 is 0 Å². The van der Waals surface area contributed by atoms with Crippen molar-refractivity contribution in [1.29, 1.82) is 0 Å². The molecule has 24 heavy (non-hydrogen) atoms. The second kappa shape index (κ2) is 7.97. The lowest BCUT2D eigenvalue weighted by atomic mass is 10.1. The van der Waals surface area contributed by atoms with Crippen LogP contribution in [0.4, 0.5) is 0 Å². The average molecular weight is 345 g/mol. The Hall–Kier alpha value is -2.33. The van der Waals surface area contributed by atoms with Crippen molar-refractivity contribution in [2.24, 2.45) is 5.10 Å². The van der Waals surface area contributed by atoms with Crippen LogP contribution in [0.3, 0.4) is 0 Å². The first-order valence-corrected chi connectivity index (χ1v) is 8.04. The molecule has 1 N–H and O–H groups in total. The normalized spacial score (nSPS) is 11.3. The third-order valence-corrected chi connectivity index (χ3v) is 4.19. The molecule has 0 aromatic heterocycles. The maximum Gasteiger partial charge on any atom is 0.277 e. The van der Waals surface area contributed by atoms with Crippen molar-refractivity contribution in [2.75, 3.05) is 6.61 Å². The van der Waals surface area contributed by atoms with Crippen LogP contribution in [-0.4, -0.2) is 18.2 Å².